The summed E-state index contributed by atoms with van der Waals surface area (Å²) in [6.45, 7) is 0. The van der Waals surface area contributed by atoms with Crippen LogP contribution < -0.4 is 5.43 Å². The summed E-state index contributed by atoms with van der Waals surface area (Å²) in [5, 5.41) is 3.44. The van der Waals surface area contributed by atoms with E-state index in [9.17, 15) is 4.79 Å². The molecule has 0 saturated carbocycles. The Labute approximate surface area is 47.4 Å². The van der Waals surface area contributed by atoms with Crippen molar-refractivity contribution in [1.29, 1.82) is 0 Å². The molecule has 0 aromatic heterocycles. The molecule has 1 radical (unpaired) electrons. The topological polar surface area (TPSA) is 41.5 Å². The van der Waals surface area contributed by atoms with E-state index >= 15 is 0 Å². The van der Waals surface area contributed by atoms with Gasteiger partial charge in [0.1, 0.15) is 0 Å². The highest BCUT2D eigenvalue weighted by Gasteiger charge is 2.31. The summed E-state index contributed by atoms with van der Waals surface area (Å²) in [6.07, 6.45) is 2.55. The second kappa shape index (κ2) is 1.29. The summed E-state index contributed by atoms with van der Waals surface area (Å²) in [4.78, 5) is 10.6. The molecule has 1 aliphatic heterocycles. The molecule has 0 spiro atoms. The first-order valence-electron chi connectivity index (χ1n) is 2.24. The van der Waals surface area contributed by atoms with Gasteiger partial charge < -0.3 is 0 Å². The van der Waals surface area contributed by atoms with Gasteiger partial charge in [-0.15, -0.1) is 5.10 Å². The van der Waals surface area contributed by atoms with Gasteiger partial charge in [0.2, 0.25) is 0 Å². The second-order valence-electron chi connectivity index (χ2n) is 2.08. The average molecular weight is 113 g/mol. The van der Waals surface area contributed by atoms with Crippen molar-refractivity contribution >= 4 is 12.4 Å². The van der Waals surface area contributed by atoms with Gasteiger partial charge in [-0.2, -0.15) is 9.91 Å². The van der Waals surface area contributed by atoms with E-state index in [0.717, 1.165) is 0 Å². The van der Waals surface area contributed by atoms with Gasteiger partial charge in [0, 0.05) is 0 Å². The standard InChI is InChI=1S/C4H7N3O/c1-7(2)3-5-6-4(7)8/h1-2H3,(H,6,8)/q+1. The van der Waals surface area contributed by atoms with Crippen molar-refractivity contribution in [2.45, 2.75) is 0 Å². The van der Waals surface area contributed by atoms with Crippen LogP contribution in [0.15, 0.2) is 5.10 Å². The fourth-order valence-electron chi connectivity index (χ4n) is 0.368. The number of hydrazone groups is 1. The maximum absolute atomic E-state index is 10.6. The smallest absolute Gasteiger partial charge is 0.205 e. The molecule has 0 atom stereocenters. The molecule has 0 saturated heterocycles. The van der Waals surface area contributed by atoms with Crippen LogP contribution in [0.4, 0.5) is 4.79 Å². The molecule has 0 aromatic rings. The number of amides is 2. The molecule has 1 aliphatic rings. The second-order valence-corrected chi connectivity index (χ2v) is 2.08. The van der Waals surface area contributed by atoms with Gasteiger partial charge in [-0.05, 0) is 0 Å². The van der Waals surface area contributed by atoms with Crippen molar-refractivity contribution in [3.63, 3.8) is 0 Å². The van der Waals surface area contributed by atoms with Gasteiger partial charge in [-0.25, -0.2) is 4.79 Å². The highest BCUT2D eigenvalue weighted by atomic mass is 16.2. The van der Waals surface area contributed by atoms with E-state index in [-0.39, 0.29) is 10.5 Å². The Morgan fingerprint density at radius 2 is 2.38 bits per heavy atom. The Balaban J connectivity index is 2.82. The SMILES string of the molecule is C[N+]1(C)[C]=NNC1=O. The number of nitrogens with one attached hydrogen (secondary N) is 1. The predicted molar refractivity (Wildman–Crippen MR) is 28.1 cm³/mol. The number of hydrogen-bond donors (Lipinski definition) is 1. The number of hydrogen-bond acceptors (Lipinski definition) is 2. The summed E-state index contributed by atoms with van der Waals surface area (Å²) >= 11 is 0. The molecule has 1 rings (SSSR count). The number of nitrogens with zero attached hydrogens (tertiary/aromatic N) is 2. The van der Waals surface area contributed by atoms with Crippen LogP contribution in [-0.4, -0.2) is 30.9 Å². The van der Waals surface area contributed by atoms with Crippen molar-refractivity contribution in [3.8, 4) is 0 Å². The minimum Gasteiger partial charge on any atom is -0.205 e. The molecule has 4 nitrogen and oxygen atoms in total. The van der Waals surface area contributed by atoms with Crippen LogP contribution in [0.5, 0.6) is 0 Å². The highest BCUT2D eigenvalue weighted by Crippen LogP contribution is 1.97. The largest absolute Gasteiger partial charge is 0.443 e. The molecular weight excluding hydrogens is 106 g/mol. The number of urea groups is 1. The van der Waals surface area contributed by atoms with Gasteiger partial charge in [0.05, 0.1) is 14.1 Å². The van der Waals surface area contributed by atoms with Crippen LogP contribution >= 0.6 is 0 Å². The Morgan fingerprint density at radius 3 is 2.50 bits per heavy atom. The van der Waals surface area contributed by atoms with E-state index in [2.05, 4.69) is 16.9 Å². The lowest BCUT2D eigenvalue weighted by Crippen LogP contribution is -2.43. The quantitative estimate of drug-likeness (QED) is 0.427. The molecule has 2 amide bonds. The van der Waals surface area contributed by atoms with Crippen molar-refractivity contribution < 1.29 is 9.28 Å². The van der Waals surface area contributed by atoms with Crippen molar-refractivity contribution in [3.05, 3.63) is 0 Å². The summed E-state index contributed by atoms with van der Waals surface area (Å²) in [5.74, 6) is 0. The number of carbonyl (C=O) groups is 1. The lowest BCUT2D eigenvalue weighted by Gasteiger charge is -2.09. The third-order valence-electron chi connectivity index (χ3n) is 0.959. The van der Waals surface area contributed by atoms with Crippen molar-refractivity contribution in [1.82, 2.24) is 5.43 Å². The maximum Gasteiger partial charge on any atom is 0.443 e. The molecule has 8 heavy (non-hydrogen) atoms. The monoisotopic (exact) mass is 113 g/mol. The molecule has 0 aromatic carbocycles. The van der Waals surface area contributed by atoms with Crippen LogP contribution in [0.2, 0.25) is 0 Å². The van der Waals surface area contributed by atoms with E-state index in [1.165, 1.54) is 0 Å². The van der Waals surface area contributed by atoms with E-state index in [1.54, 1.807) is 14.1 Å². The van der Waals surface area contributed by atoms with Crippen LogP contribution in [0.25, 0.3) is 0 Å². The first-order valence-corrected chi connectivity index (χ1v) is 2.24. The zero-order valence-electron chi connectivity index (χ0n) is 4.80. The summed E-state index contributed by atoms with van der Waals surface area (Å²) in [6, 6.07) is -0.148. The first-order chi connectivity index (χ1) is 3.63. The molecule has 1 N–H and O–H groups in total. The van der Waals surface area contributed by atoms with E-state index < -0.39 is 0 Å². The van der Waals surface area contributed by atoms with E-state index in [4.69, 9.17) is 0 Å². The molecule has 1 heterocycles. The molecule has 0 aliphatic carbocycles. The fourth-order valence-corrected chi connectivity index (χ4v) is 0.368. The number of quaternary nitrogens is 1. The van der Waals surface area contributed by atoms with Crippen LogP contribution in [0.3, 0.4) is 0 Å². The molecule has 0 unspecified atom stereocenters. The van der Waals surface area contributed by atoms with Gasteiger partial charge in [0.25, 0.3) is 0 Å². The van der Waals surface area contributed by atoms with Crippen LogP contribution in [0.1, 0.15) is 0 Å². The minimum atomic E-state index is -0.148. The molecule has 4 heteroatoms. The predicted octanol–water partition coefficient (Wildman–Crippen LogP) is -0.394. The molecular formula is C4H7N3O+. The van der Waals surface area contributed by atoms with Gasteiger partial charge in [-0.3, -0.25) is 0 Å². The summed E-state index contributed by atoms with van der Waals surface area (Å²) < 4.78 is 0.0694. The summed E-state index contributed by atoms with van der Waals surface area (Å²) in [5.41, 5.74) is 2.26. The lowest BCUT2D eigenvalue weighted by atomic mass is 10.7. The number of carbonyl (C=O) groups excluding carboxylic acids is 1. The summed E-state index contributed by atoms with van der Waals surface area (Å²) in [7, 11) is 3.40. The fraction of sp³-hybridized carbons (Fsp3) is 0.500. The van der Waals surface area contributed by atoms with Crippen molar-refractivity contribution in [2.24, 2.45) is 5.10 Å². The zero-order chi connectivity index (χ0) is 6.20. The Bertz CT molecular complexity index is 149. The highest BCUT2D eigenvalue weighted by molar-refractivity contribution is 5.79. The lowest BCUT2D eigenvalue weighted by molar-refractivity contribution is -0.699. The normalized spacial score (nSPS) is 23.5. The van der Waals surface area contributed by atoms with Gasteiger partial charge in [0.15, 0.2) is 0 Å². The third-order valence-corrected chi connectivity index (χ3v) is 0.959. The Hall–Kier alpha value is -0.900. The molecule has 43 valence electrons. The molecule has 0 bridgehead atoms. The first kappa shape index (κ1) is 5.24. The Kier molecular flexibility index (Phi) is 0.844. The van der Waals surface area contributed by atoms with Crippen LogP contribution in [-0.2, 0) is 0 Å². The van der Waals surface area contributed by atoms with E-state index in [0.29, 0.717) is 0 Å². The molecule has 0 fully saturated rings. The minimum absolute atomic E-state index is 0.0694. The zero-order valence-corrected chi connectivity index (χ0v) is 4.80. The third kappa shape index (κ3) is 0.586. The average Bonchev–Trinajstić information content (AvgIpc) is 1.86. The Morgan fingerprint density at radius 1 is 1.75 bits per heavy atom. The van der Waals surface area contributed by atoms with Gasteiger partial charge in [-0.1, -0.05) is 0 Å². The van der Waals surface area contributed by atoms with Crippen molar-refractivity contribution in [2.75, 3.05) is 14.1 Å². The van der Waals surface area contributed by atoms with E-state index in [1.807, 2.05) is 0 Å². The maximum atomic E-state index is 10.6. The van der Waals surface area contributed by atoms with Crippen LogP contribution in [0, 0.1) is 0 Å². The van der Waals surface area contributed by atoms with Gasteiger partial charge >= 0.3 is 12.4 Å². The number of rotatable bonds is 0.